The number of hydrogen-bond acceptors (Lipinski definition) is 6. The van der Waals surface area contributed by atoms with Crippen molar-refractivity contribution in [3.8, 4) is 11.3 Å². The van der Waals surface area contributed by atoms with E-state index in [0.717, 1.165) is 33.2 Å². The highest BCUT2D eigenvalue weighted by Gasteiger charge is 2.15. The third-order valence-electron chi connectivity index (χ3n) is 4.93. The molecule has 0 aliphatic rings. The molecule has 8 nitrogen and oxygen atoms in total. The minimum absolute atomic E-state index is 0.258. The van der Waals surface area contributed by atoms with E-state index in [0.29, 0.717) is 13.0 Å². The van der Waals surface area contributed by atoms with Gasteiger partial charge >= 0.3 is 6.09 Å². The van der Waals surface area contributed by atoms with Crippen molar-refractivity contribution in [3.05, 3.63) is 66.4 Å². The number of likely N-dealkylation sites (N-methyl/N-ethyl adjacent to an activating group) is 1. The van der Waals surface area contributed by atoms with Gasteiger partial charge in [0.2, 0.25) is 0 Å². The fourth-order valence-electron chi connectivity index (χ4n) is 3.24. The van der Waals surface area contributed by atoms with Crippen molar-refractivity contribution in [1.82, 2.24) is 29.0 Å². The van der Waals surface area contributed by atoms with Gasteiger partial charge in [0.1, 0.15) is 11.6 Å². The fraction of sp³-hybridized carbons (Fsp3) is 0.273. The number of amides is 1. The van der Waals surface area contributed by atoms with E-state index in [4.69, 9.17) is 9.72 Å². The van der Waals surface area contributed by atoms with Crippen LogP contribution in [0.15, 0.2) is 60.1 Å². The van der Waals surface area contributed by atoms with E-state index >= 15 is 0 Å². The van der Waals surface area contributed by atoms with E-state index in [1.54, 1.807) is 28.4 Å². The molecule has 0 saturated carbocycles. The van der Waals surface area contributed by atoms with E-state index in [1.165, 1.54) is 0 Å². The minimum atomic E-state index is -0.353. The molecule has 9 heteroatoms. The Labute approximate surface area is 184 Å². The predicted octanol–water partition coefficient (Wildman–Crippen LogP) is 3.66. The number of aryl methyl sites for hydroxylation is 1. The molecule has 0 spiro atoms. The maximum atomic E-state index is 12.3. The largest absolute Gasteiger partial charge is 0.445 e. The zero-order valence-electron chi connectivity index (χ0n) is 17.7. The number of carbonyl (C=O) groups is 1. The molecule has 3 aromatic heterocycles. The molecular weight excluding hydrogens is 412 g/mol. The number of imidazole rings is 1. The molecule has 0 N–H and O–H groups in total. The first-order valence-electron chi connectivity index (χ1n) is 9.87. The molecule has 1 amide bonds. The molecule has 4 rings (SSSR count). The average Bonchev–Trinajstić information content (AvgIpc) is 3.41. The highest BCUT2D eigenvalue weighted by atomic mass is 32.2. The number of hydrogen-bond donors (Lipinski definition) is 0. The lowest BCUT2D eigenvalue weighted by Gasteiger charge is -2.17. The van der Waals surface area contributed by atoms with Crippen molar-refractivity contribution in [1.29, 1.82) is 0 Å². The van der Waals surface area contributed by atoms with E-state index in [-0.39, 0.29) is 12.7 Å². The SMILES string of the molecule is CSc1nc(CCN(C)C(=O)OCc2ccccc2)cn2c(-c3cnn(C)c3)cnc12. The van der Waals surface area contributed by atoms with Crippen LogP contribution in [0.1, 0.15) is 11.3 Å². The zero-order valence-corrected chi connectivity index (χ0v) is 18.5. The molecule has 0 atom stereocenters. The van der Waals surface area contributed by atoms with Crippen molar-refractivity contribution >= 4 is 23.5 Å². The summed E-state index contributed by atoms with van der Waals surface area (Å²) in [5.74, 6) is 0. The third kappa shape index (κ3) is 4.72. The Hall–Kier alpha value is -3.33. The molecule has 0 aliphatic carbocycles. The van der Waals surface area contributed by atoms with Crippen molar-refractivity contribution in [2.45, 2.75) is 18.1 Å². The topological polar surface area (TPSA) is 77.5 Å². The first-order chi connectivity index (χ1) is 15.0. The van der Waals surface area contributed by atoms with Gasteiger partial charge in [0.05, 0.1) is 23.8 Å². The van der Waals surface area contributed by atoms with E-state index in [1.807, 2.05) is 72.8 Å². The van der Waals surface area contributed by atoms with Crippen molar-refractivity contribution in [3.63, 3.8) is 0 Å². The number of carbonyl (C=O) groups excluding carboxylic acids is 1. The van der Waals surface area contributed by atoms with Gasteiger partial charge in [0.15, 0.2) is 5.65 Å². The molecule has 0 saturated heterocycles. The van der Waals surface area contributed by atoms with Crippen LogP contribution in [0.4, 0.5) is 4.79 Å². The Bertz CT molecular complexity index is 1190. The van der Waals surface area contributed by atoms with E-state index in [2.05, 4.69) is 10.1 Å². The molecule has 31 heavy (non-hydrogen) atoms. The Morgan fingerprint density at radius 1 is 1.19 bits per heavy atom. The molecule has 0 radical (unpaired) electrons. The van der Waals surface area contributed by atoms with Gasteiger partial charge in [-0.05, 0) is 11.8 Å². The number of fused-ring (bicyclic) bond motifs is 1. The first-order valence-corrected chi connectivity index (χ1v) is 11.1. The van der Waals surface area contributed by atoms with Crippen molar-refractivity contribution < 1.29 is 9.53 Å². The highest BCUT2D eigenvalue weighted by molar-refractivity contribution is 7.98. The summed E-state index contributed by atoms with van der Waals surface area (Å²) in [4.78, 5) is 23.2. The molecular formula is C22H24N6O2S. The Balaban J connectivity index is 1.47. The molecule has 0 unspecified atom stereocenters. The van der Waals surface area contributed by atoms with E-state index in [9.17, 15) is 4.79 Å². The second-order valence-electron chi connectivity index (χ2n) is 7.19. The average molecular weight is 437 g/mol. The van der Waals surface area contributed by atoms with Crippen LogP contribution in [-0.4, -0.2) is 55.0 Å². The predicted molar refractivity (Wildman–Crippen MR) is 120 cm³/mol. The number of thioether (sulfide) groups is 1. The normalized spacial score (nSPS) is 11.1. The van der Waals surface area contributed by atoms with Crippen LogP contribution in [0.2, 0.25) is 0 Å². The van der Waals surface area contributed by atoms with E-state index < -0.39 is 0 Å². The Kier molecular flexibility index (Phi) is 6.22. The number of benzene rings is 1. The maximum Gasteiger partial charge on any atom is 0.409 e. The molecule has 4 aromatic rings. The van der Waals surface area contributed by atoms with Gasteiger partial charge in [-0.2, -0.15) is 5.10 Å². The monoisotopic (exact) mass is 436 g/mol. The molecule has 0 aliphatic heterocycles. The fourth-order valence-corrected chi connectivity index (χ4v) is 3.78. The van der Waals surface area contributed by atoms with Crippen LogP contribution in [0, 0.1) is 0 Å². The zero-order chi connectivity index (χ0) is 21.8. The standard InChI is InChI=1S/C22H24N6O2S/c1-26(22(29)30-15-16-7-5-4-6-8-16)10-9-18-14-28-19(17-11-24-27(2)13-17)12-23-20(28)21(25-18)31-3/h4-8,11-14H,9-10,15H2,1-3H3. The van der Waals surface area contributed by atoms with Crippen molar-refractivity contribution in [2.24, 2.45) is 7.05 Å². The Morgan fingerprint density at radius 3 is 2.71 bits per heavy atom. The second kappa shape index (κ2) is 9.22. The van der Waals surface area contributed by atoms with Crippen LogP contribution < -0.4 is 0 Å². The van der Waals surface area contributed by atoms with Crippen LogP contribution in [0.5, 0.6) is 0 Å². The molecule has 3 heterocycles. The van der Waals surface area contributed by atoms with Gasteiger partial charge in [-0.25, -0.2) is 14.8 Å². The summed E-state index contributed by atoms with van der Waals surface area (Å²) >= 11 is 1.55. The summed E-state index contributed by atoms with van der Waals surface area (Å²) in [7, 11) is 3.62. The molecule has 160 valence electrons. The summed E-state index contributed by atoms with van der Waals surface area (Å²) in [6, 6.07) is 9.65. The third-order valence-corrected chi connectivity index (χ3v) is 5.59. The maximum absolute atomic E-state index is 12.3. The van der Waals surface area contributed by atoms with Crippen molar-refractivity contribution in [2.75, 3.05) is 19.8 Å². The number of rotatable bonds is 7. The smallest absolute Gasteiger partial charge is 0.409 e. The van der Waals surface area contributed by atoms with Gasteiger partial charge in [0.25, 0.3) is 0 Å². The summed E-state index contributed by atoms with van der Waals surface area (Å²) in [5.41, 5.74) is 4.59. The number of nitrogens with zero attached hydrogens (tertiary/aromatic N) is 6. The van der Waals surface area contributed by atoms with Gasteiger partial charge in [0, 0.05) is 45.0 Å². The van der Waals surface area contributed by atoms with Gasteiger partial charge in [-0.3, -0.25) is 9.08 Å². The quantitative estimate of drug-likeness (QED) is 0.412. The lowest BCUT2D eigenvalue weighted by atomic mass is 10.2. The summed E-state index contributed by atoms with van der Waals surface area (Å²) in [5, 5.41) is 5.11. The lowest BCUT2D eigenvalue weighted by molar-refractivity contribution is 0.105. The van der Waals surface area contributed by atoms with Gasteiger partial charge < -0.3 is 9.64 Å². The summed E-state index contributed by atoms with van der Waals surface area (Å²) in [6.45, 7) is 0.755. The molecule has 0 fully saturated rings. The number of aromatic nitrogens is 5. The second-order valence-corrected chi connectivity index (χ2v) is 7.99. The van der Waals surface area contributed by atoms with Gasteiger partial charge in [-0.15, -0.1) is 11.8 Å². The lowest BCUT2D eigenvalue weighted by Crippen LogP contribution is -2.29. The molecule has 0 bridgehead atoms. The highest BCUT2D eigenvalue weighted by Crippen LogP contribution is 2.25. The minimum Gasteiger partial charge on any atom is -0.445 e. The summed E-state index contributed by atoms with van der Waals surface area (Å²) in [6.07, 6.45) is 9.83. The summed E-state index contributed by atoms with van der Waals surface area (Å²) < 4.78 is 9.21. The van der Waals surface area contributed by atoms with Gasteiger partial charge in [-0.1, -0.05) is 30.3 Å². The Morgan fingerprint density at radius 2 is 2.00 bits per heavy atom. The van der Waals surface area contributed by atoms with Crippen LogP contribution >= 0.6 is 11.8 Å². The van der Waals surface area contributed by atoms with Crippen LogP contribution in [0.3, 0.4) is 0 Å². The van der Waals surface area contributed by atoms with Crippen LogP contribution in [-0.2, 0) is 24.8 Å². The first kappa shape index (κ1) is 20.9. The van der Waals surface area contributed by atoms with Crippen LogP contribution in [0.25, 0.3) is 16.9 Å². The number of ether oxygens (including phenoxy) is 1. The molecule has 1 aromatic carbocycles.